The summed E-state index contributed by atoms with van der Waals surface area (Å²) >= 11 is 13.5. The van der Waals surface area contributed by atoms with Crippen molar-refractivity contribution in [1.29, 1.82) is 0 Å². The summed E-state index contributed by atoms with van der Waals surface area (Å²) in [5.41, 5.74) is -0.964. The van der Waals surface area contributed by atoms with Gasteiger partial charge in [0.1, 0.15) is 5.82 Å². The van der Waals surface area contributed by atoms with E-state index < -0.39 is 31.6 Å². The lowest BCUT2D eigenvalue weighted by atomic mass is 9.74. The van der Waals surface area contributed by atoms with E-state index >= 15 is 0 Å². The van der Waals surface area contributed by atoms with Crippen molar-refractivity contribution in [2.24, 2.45) is 5.92 Å². The minimum Gasteiger partial charge on any atom is -0.320 e. The molecule has 1 N–H and O–H groups in total. The molecular formula is C22H24Cl2FN3O3S. The first-order chi connectivity index (χ1) is 15.1. The van der Waals surface area contributed by atoms with Crippen LogP contribution in [0.25, 0.3) is 0 Å². The van der Waals surface area contributed by atoms with Gasteiger partial charge in [0, 0.05) is 24.8 Å². The predicted molar refractivity (Wildman–Crippen MR) is 122 cm³/mol. The SMILES string of the molecule is O=C(NC(Cl)(Cl)C1(c2ncccc2F)CCN(S(=O)(=O)CC2CC2)CC1)c1ccccc1. The van der Waals surface area contributed by atoms with Gasteiger partial charge >= 0.3 is 0 Å². The summed E-state index contributed by atoms with van der Waals surface area (Å²) in [6.07, 6.45) is 3.49. The summed E-state index contributed by atoms with van der Waals surface area (Å²) in [7, 11) is -3.43. The Balaban J connectivity index is 1.64. The number of piperidine rings is 1. The zero-order valence-electron chi connectivity index (χ0n) is 17.3. The molecule has 6 nitrogen and oxygen atoms in total. The maximum Gasteiger partial charge on any atom is 0.253 e. The van der Waals surface area contributed by atoms with E-state index in [1.807, 2.05) is 0 Å². The Bertz CT molecular complexity index is 1090. The molecule has 0 spiro atoms. The lowest BCUT2D eigenvalue weighted by molar-refractivity contribution is 0.0899. The summed E-state index contributed by atoms with van der Waals surface area (Å²) in [6.45, 7) is 0.209. The van der Waals surface area contributed by atoms with E-state index in [1.165, 1.54) is 22.6 Å². The minimum absolute atomic E-state index is 0.0117. The number of amides is 1. The fourth-order valence-corrected chi connectivity index (χ4v) is 6.80. The number of carbonyl (C=O) groups is 1. The van der Waals surface area contributed by atoms with E-state index in [2.05, 4.69) is 10.3 Å². The quantitative estimate of drug-likeness (QED) is 0.463. The molecule has 32 heavy (non-hydrogen) atoms. The summed E-state index contributed by atoms with van der Waals surface area (Å²) in [5, 5.41) is 2.62. The summed E-state index contributed by atoms with van der Waals surface area (Å²) in [6, 6.07) is 11.1. The van der Waals surface area contributed by atoms with Crippen molar-refractivity contribution in [2.75, 3.05) is 18.8 Å². The van der Waals surface area contributed by atoms with Crippen LogP contribution in [-0.4, -0.2) is 46.9 Å². The van der Waals surface area contributed by atoms with Crippen molar-refractivity contribution in [3.8, 4) is 0 Å². The third-order valence-corrected chi connectivity index (χ3v) is 9.19. The number of aromatic nitrogens is 1. The zero-order chi connectivity index (χ0) is 23.0. The largest absolute Gasteiger partial charge is 0.320 e. The van der Waals surface area contributed by atoms with Crippen LogP contribution in [0.4, 0.5) is 4.39 Å². The molecule has 1 saturated carbocycles. The van der Waals surface area contributed by atoms with Gasteiger partial charge in [0.2, 0.25) is 14.5 Å². The number of nitrogens with zero attached hydrogens (tertiary/aromatic N) is 2. The molecule has 1 amide bonds. The average Bonchev–Trinajstić information content (AvgIpc) is 3.57. The van der Waals surface area contributed by atoms with Crippen LogP contribution in [0.1, 0.15) is 41.7 Å². The molecule has 1 aliphatic carbocycles. The second-order valence-electron chi connectivity index (χ2n) is 8.43. The van der Waals surface area contributed by atoms with Crippen LogP contribution in [0.2, 0.25) is 0 Å². The number of hydrogen-bond donors (Lipinski definition) is 1. The predicted octanol–water partition coefficient (Wildman–Crippen LogP) is 3.86. The maximum atomic E-state index is 14.9. The van der Waals surface area contributed by atoms with Gasteiger partial charge in [-0.25, -0.2) is 17.1 Å². The van der Waals surface area contributed by atoms with Gasteiger partial charge in [-0.2, -0.15) is 0 Å². The highest BCUT2D eigenvalue weighted by molar-refractivity contribution is 7.89. The Morgan fingerprint density at radius 3 is 2.41 bits per heavy atom. The first-order valence-electron chi connectivity index (χ1n) is 10.5. The second kappa shape index (κ2) is 8.89. The van der Waals surface area contributed by atoms with Crippen LogP contribution in [0.3, 0.4) is 0 Å². The number of halogens is 3. The van der Waals surface area contributed by atoms with Crippen LogP contribution in [0, 0.1) is 11.7 Å². The number of benzene rings is 1. The molecule has 0 radical (unpaired) electrons. The van der Waals surface area contributed by atoms with Crippen molar-refractivity contribution in [2.45, 2.75) is 35.6 Å². The molecule has 1 saturated heterocycles. The van der Waals surface area contributed by atoms with Crippen molar-refractivity contribution >= 4 is 39.1 Å². The molecule has 10 heteroatoms. The summed E-state index contributed by atoms with van der Waals surface area (Å²) in [4.78, 5) is 17.0. The van der Waals surface area contributed by atoms with E-state index in [-0.39, 0.29) is 43.3 Å². The van der Waals surface area contributed by atoms with Gasteiger partial charge < -0.3 is 5.32 Å². The van der Waals surface area contributed by atoms with Crippen molar-refractivity contribution in [3.63, 3.8) is 0 Å². The van der Waals surface area contributed by atoms with E-state index in [9.17, 15) is 17.6 Å². The third kappa shape index (κ3) is 4.64. The van der Waals surface area contributed by atoms with Gasteiger partial charge in [-0.3, -0.25) is 9.78 Å². The molecule has 1 aromatic carbocycles. The van der Waals surface area contributed by atoms with Gasteiger partial charge in [0.15, 0.2) is 0 Å². The first kappa shape index (κ1) is 23.4. The lowest BCUT2D eigenvalue weighted by Crippen LogP contribution is -2.60. The standard InChI is InChI=1S/C22H24Cl2FN3O3S/c23-22(24,27-20(29)17-5-2-1-3-6-17)21(19-18(25)7-4-12-26-19)10-13-28(14-11-21)32(30,31)15-16-8-9-16/h1-7,12,16H,8-11,13-15H2,(H,27,29). The number of pyridine rings is 1. The molecule has 2 aliphatic rings. The Morgan fingerprint density at radius 2 is 1.81 bits per heavy atom. The fourth-order valence-electron chi connectivity index (χ4n) is 4.20. The molecule has 1 aliphatic heterocycles. The average molecular weight is 500 g/mol. The van der Waals surface area contributed by atoms with Crippen molar-refractivity contribution in [3.05, 3.63) is 65.7 Å². The minimum atomic E-state index is -3.43. The lowest BCUT2D eigenvalue weighted by Gasteiger charge is -2.47. The molecule has 0 atom stereocenters. The Labute approximate surface area is 197 Å². The van der Waals surface area contributed by atoms with Crippen molar-refractivity contribution in [1.82, 2.24) is 14.6 Å². The van der Waals surface area contributed by atoms with E-state index in [1.54, 1.807) is 30.3 Å². The van der Waals surface area contributed by atoms with Crippen LogP contribution in [0.5, 0.6) is 0 Å². The Hall–Kier alpha value is -1.74. The highest BCUT2D eigenvalue weighted by Gasteiger charge is 2.56. The highest BCUT2D eigenvalue weighted by Crippen LogP contribution is 2.49. The molecular weight excluding hydrogens is 476 g/mol. The Morgan fingerprint density at radius 1 is 1.16 bits per heavy atom. The fraction of sp³-hybridized carbons (Fsp3) is 0.455. The summed E-state index contributed by atoms with van der Waals surface area (Å²) < 4.78 is 39.9. The van der Waals surface area contributed by atoms with Gasteiger partial charge in [-0.15, -0.1) is 0 Å². The van der Waals surface area contributed by atoms with Gasteiger partial charge in [-0.1, -0.05) is 41.4 Å². The molecule has 2 aromatic rings. The monoisotopic (exact) mass is 499 g/mol. The number of nitrogens with one attached hydrogen (secondary N) is 1. The summed E-state index contributed by atoms with van der Waals surface area (Å²) in [5.74, 6) is -0.794. The molecule has 2 fully saturated rings. The number of hydrogen-bond acceptors (Lipinski definition) is 4. The van der Waals surface area contributed by atoms with E-state index in [0.717, 1.165) is 12.8 Å². The van der Waals surface area contributed by atoms with Crippen molar-refractivity contribution < 1.29 is 17.6 Å². The first-order valence-corrected chi connectivity index (χ1v) is 12.9. The van der Waals surface area contributed by atoms with Crippen LogP contribution in [0.15, 0.2) is 48.7 Å². The van der Waals surface area contributed by atoms with Crippen LogP contribution < -0.4 is 5.32 Å². The molecule has 0 unspecified atom stereocenters. The molecule has 172 valence electrons. The number of carbonyl (C=O) groups excluding carboxylic acids is 1. The number of sulfonamides is 1. The highest BCUT2D eigenvalue weighted by atomic mass is 35.5. The van der Waals surface area contributed by atoms with Gasteiger partial charge in [-0.05, 0) is 55.9 Å². The van der Waals surface area contributed by atoms with Crippen LogP contribution >= 0.6 is 23.2 Å². The molecule has 4 rings (SSSR count). The number of rotatable bonds is 7. The zero-order valence-corrected chi connectivity index (χ0v) is 19.6. The van der Waals surface area contributed by atoms with E-state index in [4.69, 9.17) is 23.2 Å². The van der Waals surface area contributed by atoms with Gasteiger partial charge in [0.25, 0.3) is 5.91 Å². The number of alkyl halides is 2. The van der Waals surface area contributed by atoms with Gasteiger partial charge in [0.05, 0.1) is 16.9 Å². The normalized spacial score (nSPS) is 19.5. The van der Waals surface area contributed by atoms with E-state index in [0.29, 0.717) is 5.56 Å². The molecule has 0 bridgehead atoms. The molecule has 2 heterocycles. The molecule has 1 aromatic heterocycles. The Kier molecular flexibility index (Phi) is 6.51. The van der Waals surface area contributed by atoms with Crippen LogP contribution in [-0.2, 0) is 15.4 Å². The second-order valence-corrected chi connectivity index (χ2v) is 11.8. The smallest absolute Gasteiger partial charge is 0.253 e. The third-order valence-electron chi connectivity index (χ3n) is 6.23. The maximum absolute atomic E-state index is 14.9. The topological polar surface area (TPSA) is 79.4 Å².